The molecule has 0 unspecified atom stereocenters. The molecular weight excluding hydrogens is 304 g/mol. The average molecular weight is 323 g/mol. The van der Waals surface area contributed by atoms with Gasteiger partial charge in [0.2, 0.25) is 5.91 Å². The van der Waals surface area contributed by atoms with Gasteiger partial charge in [-0.05, 0) is 44.5 Å². The van der Waals surface area contributed by atoms with Gasteiger partial charge in [-0.3, -0.25) is 4.79 Å². The van der Waals surface area contributed by atoms with E-state index in [2.05, 4.69) is 5.32 Å². The van der Waals surface area contributed by atoms with Gasteiger partial charge in [0.1, 0.15) is 5.60 Å². The largest absolute Gasteiger partial charge is 0.444 e. The number of halogens is 1. The summed E-state index contributed by atoms with van der Waals surface area (Å²) >= 11 is 6.07. The minimum atomic E-state index is -0.547. The van der Waals surface area contributed by atoms with Gasteiger partial charge in [-0.2, -0.15) is 0 Å². The fourth-order valence-electron chi connectivity index (χ4n) is 3.04. The highest BCUT2D eigenvalue weighted by Gasteiger charge is 2.45. The molecule has 6 heteroatoms. The molecule has 2 heterocycles. The van der Waals surface area contributed by atoms with Gasteiger partial charge in [0.05, 0.1) is 5.92 Å². The number of rotatable bonds is 0. The van der Waals surface area contributed by atoms with E-state index >= 15 is 0 Å². The van der Waals surface area contributed by atoms with Crippen LogP contribution in [-0.4, -0.2) is 35.6 Å². The van der Waals surface area contributed by atoms with Gasteiger partial charge in [0.25, 0.3) is 0 Å². The first kappa shape index (κ1) is 15.2. The number of likely N-dealkylation sites (tertiary alicyclic amines) is 1. The Balaban J connectivity index is 1.85. The van der Waals surface area contributed by atoms with E-state index < -0.39 is 5.60 Å². The average Bonchev–Trinajstić information content (AvgIpc) is 2.84. The normalized spacial score (nSPS) is 23.6. The Kier molecular flexibility index (Phi) is 3.56. The van der Waals surface area contributed by atoms with Gasteiger partial charge >= 0.3 is 6.09 Å². The molecule has 0 radical (unpaired) electrons. The number of hydrogen-bond donors (Lipinski definition) is 1. The van der Waals surface area contributed by atoms with Crippen LogP contribution >= 0.6 is 11.6 Å². The molecule has 2 aliphatic heterocycles. The van der Waals surface area contributed by atoms with Crippen molar-refractivity contribution in [2.45, 2.75) is 32.3 Å². The second-order valence-corrected chi connectivity index (χ2v) is 7.26. The Morgan fingerprint density at radius 1 is 1.32 bits per heavy atom. The highest BCUT2D eigenvalue weighted by atomic mass is 35.5. The highest BCUT2D eigenvalue weighted by molar-refractivity contribution is 6.30. The third-order valence-electron chi connectivity index (χ3n) is 3.98. The summed E-state index contributed by atoms with van der Waals surface area (Å²) in [5, 5.41) is 3.52. The van der Waals surface area contributed by atoms with Gasteiger partial charge in [0.15, 0.2) is 0 Å². The molecule has 3 rings (SSSR count). The molecule has 1 aromatic rings. The van der Waals surface area contributed by atoms with Crippen LogP contribution in [0.25, 0.3) is 0 Å². The number of nitrogens with one attached hydrogen (secondary N) is 1. The van der Waals surface area contributed by atoms with Crippen molar-refractivity contribution >= 4 is 29.3 Å². The summed E-state index contributed by atoms with van der Waals surface area (Å²) in [5.74, 6) is -0.334. The molecule has 2 atom stereocenters. The van der Waals surface area contributed by atoms with E-state index in [4.69, 9.17) is 16.3 Å². The molecule has 22 heavy (non-hydrogen) atoms. The highest BCUT2D eigenvalue weighted by Crippen LogP contribution is 2.42. The summed E-state index contributed by atoms with van der Waals surface area (Å²) in [6.07, 6.45) is -0.377. The lowest BCUT2D eigenvalue weighted by Gasteiger charge is -2.26. The number of anilines is 1. The van der Waals surface area contributed by atoms with Gasteiger partial charge in [0, 0.05) is 29.7 Å². The smallest absolute Gasteiger partial charge is 0.410 e. The minimum Gasteiger partial charge on any atom is -0.444 e. The van der Waals surface area contributed by atoms with Gasteiger partial charge in [-0.15, -0.1) is 0 Å². The van der Waals surface area contributed by atoms with E-state index in [-0.39, 0.29) is 23.8 Å². The van der Waals surface area contributed by atoms with Gasteiger partial charge in [-0.1, -0.05) is 11.6 Å². The Hall–Kier alpha value is -1.75. The minimum absolute atomic E-state index is 0.0324. The van der Waals surface area contributed by atoms with Crippen LogP contribution in [0.5, 0.6) is 0 Å². The summed E-state index contributed by atoms with van der Waals surface area (Å²) in [5.41, 5.74) is 1.22. The van der Waals surface area contributed by atoms with Crippen molar-refractivity contribution in [2.75, 3.05) is 18.4 Å². The number of fused-ring (bicyclic) bond motifs is 3. The van der Waals surface area contributed by atoms with Crippen molar-refractivity contribution in [3.63, 3.8) is 0 Å². The first-order valence-corrected chi connectivity index (χ1v) is 7.70. The van der Waals surface area contributed by atoms with E-state index in [0.717, 1.165) is 11.3 Å². The van der Waals surface area contributed by atoms with E-state index in [9.17, 15) is 9.59 Å². The van der Waals surface area contributed by atoms with Crippen molar-refractivity contribution in [2.24, 2.45) is 5.92 Å². The maximum absolute atomic E-state index is 12.3. The number of ether oxygens (including phenoxy) is 1. The number of amides is 2. The standard InChI is InChI=1S/C16H19ClN2O3/c1-16(2,3)22-15(21)19-7-11-10-6-9(17)4-5-13(10)18-14(20)12(11)8-19/h4-6,11-12H,7-8H2,1-3H3,(H,18,20)/t11-,12-/m0/s1. The third kappa shape index (κ3) is 2.77. The van der Waals surface area contributed by atoms with Crippen LogP contribution in [0.15, 0.2) is 18.2 Å². The van der Waals surface area contributed by atoms with Gasteiger partial charge in [-0.25, -0.2) is 4.79 Å². The lowest BCUT2D eigenvalue weighted by molar-refractivity contribution is -0.120. The van der Waals surface area contributed by atoms with Crippen molar-refractivity contribution in [1.29, 1.82) is 0 Å². The molecule has 118 valence electrons. The van der Waals surface area contributed by atoms with Crippen molar-refractivity contribution in [3.8, 4) is 0 Å². The maximum atomic E-state index is 12.3. The Morgan fingerprint density at radius 3 is 2.68 bits per heavy atom. The molecule has 5 nitrogen and oxygen atoms in total. The zero-order chi connectivity index (χ0) is 16.1. The molecule has 2 amide bonds. The van der Waals surface area contributed by atoms with Crippen LogP contribution in [0.3, 0.4) is 0 Å². The molecule has 1 aromatic carbocycles. The van der Waals surface area contributed by atoms with Crippen LogP contribution in [0.2, 0.25) is 5.02 Å². The zero-order valence-electron chi connectivity index (χ0n) is 12.9. The molecule has 0 saturated carbocycles. The Labute approximate surface area is 134 Å². The summed E-state index contributed by atoms with van der Waals surface area (Å²) in [6, 6.07) is 5.43. The lowest BCUT2D eigenvalue weighted by Crippen LogP contribution is -2.36. The Bertz CT molecular complexity index is 639. The fraction of sp³-hybridized carbons (Fsp3) is 0.500. The zero-order valence-corrected chi connectivity index (χ0v) is 13.6. The predicted molar refractivity (Wildman–Crippen MR) is 84.1 cm³/mol. The number of nitrogens with zero attached hydrogens (tertiary/aromatic N) is 1. The molecule has 1 fully saturated rings. The van der Waals surface area contributed by atoms with E-state index in [1.54, 1.807) is 11.0 Å². The predicted octanol–water partition coefficient (Wildman–Crippen LogP) is 3.24. The number of benzene rings is 1. The number of hydrogen-bond acceptors (Lipinski definition) is 3. The van der Waals surface area contributed by atoms with Crippen molar-refractivity contribution in [3.05, 3.63) is 28.8 Å². The summed E-state index contributed by atoms with van der Waals surface area (Å²) in [7, 11) is 0. The summed E-state index contributed by atoms with van der Waals surface area (Å²) < 4.78 is 5.40. The lowest BCUT2D eigenvalue weighted by atomic mass is 9.84. The molecule has 1 saturated heterocycles. The molecule has 2 aliphatic rings. The van der Waals surface area contributed by atoms with Crippen molar-refractivity contribution in [1.82, 2.24) is 4.90 Å². The third-order valence-corrected chi connectivity index (χ3v) is 4.21. The monoisotopic (exact) mass is 322 g/mol. The summed E-state index contributed by atoms with van der Waals surface area (Å²) in [4.78, 5) is 26.1. The number of carbonyl (C=O) groups is 2. The first-order valence-electron chi connectivity index (χ1n) is 7.33. The van der Waals surface area contributed by atoms with Crippen LogP contribution in [0.4, 0.5) is 10.5 Å². The quantitative estimate of drug-likeness (QED) is 0.797. The van der Waals surface area contributed by atoms with E-state index in [1.807, 2.05) is 32.9 Å². The van der Waals surface area contributed by atoms with E-state index in [1.165, 1.54) is 0 Å². The molecule has 0 bridgehead atoms. The first-order chi connectivity index (χ1) is 10.2. The van der Waals surface area contributed by atoms with Crippen LogP contribution < -0.4 is 5.32 Å². The van der Waals surface area contributed by atoms with E-state index in [0.29, 0.717) is 18.1 Å². The molecule has 0 aromatic heterocycles. The topological polar surface area (TPSA) is 58.6 Å². The number of carbonyl (C=O) groups excluding carboxylic acids is 2. The second-order valence-electron chi connectivity index (χ2n) is 6.82. The Morgan fingerprint density at radius 2 is 2.00 bits per heavy atom. The van der Waals surface area contributed by atoms with Crippen LogP contribution in [0, 0.1) is 5.92 Å². The molecular formula is C16H19ClN2O3. The summed E-state index contributed by atoms with van der Waals surface area (Å²) in [6.45, 7) is 6.33. The maximum Gasteiger partial charge on any atom is 0.410 e. The molecule has 0 aliphatic carbocycles. The fourth-order valence-corrected chi connectivity index (χ4v) is 3.22. The second kappa shape index (κ2) is 5.16. The SMILES string of the molecule is CC(C)(C)OC(=O)N1C[C@@H]2C(=O)Nc3ccc(Cl)cc3[C@@H]2C1. The van der Waals surface area contributed by atoms with Crippen LogP contribution in [-0.2, 0) is 9.53 Å². The van der Waals surface area contributed by atoms with Crippen LogP contribution in [0.1, 0.15) is 32.3 Å². The molecule has 1 N–H and O–H groups in total. The van der Waals surface area contributed by atoms with Gasteiger partial charge < -0.3 is 15.0 Å². The molecule has 0 spiro atoms. The van der Waals surface area contributed by atoms with Crippen molar-refractivity contribution < 1.29 is 14.3 Å².